The van der Waals surface area contributed by atoms with E-state index in [0.717, 1.165) is 28.4 Å². The summed E-state index contributed by atoms with van der Waals surface area (Å²) in [6.45, 7) is 4.25. The molecular weight excluding hydrogens is 312 g/mol. The first kappa shape index (κ1) is 16.0. The van der Waals surface area contributed by atoms with Crippen molar-refractivity contribution in [3.63, 3.8) is 0 Å². The Morgan fingerprint density at radius 1 is 1.35 bits per heavy atom. The van der Waals surface area contributed by atoms with Crippen LogP contribution in [0.5, 0.6) is 0 Å². The molecular formula is C13H20N2O2S3. The highest BCUT2D eigenvalue weighted by Gasteiger charge is 2.20. The smallest absolute Gasteiger partial charge is 0.240 e. The predicted octanol–water partition coefficient (Wildman–Crippen LogP) is 2.01. The third-order valence-corrected chi connectivity index (χ3v) is 7.63. The summed E-state index contributed by atoms with van der Waals surface area (Å²) >= 11 is 3.72. The SMILES string of the molecule is Cc1cc(S(=O)(=O)NCC2CSCCS2)cc(N)c1C. The van der Waals surface area contributed by atoms with Gasteiger partial charge in [0.05, 0.1) is 4.90 Å². The second-order valence-corrected chi connectivity index (χ2v) is 9.20. The summed E-state index contributed by atoms with van der Waals surface area (Å²) < 4.78 is 27.3. The molecule has 0 radical (unpaired) electrons. The van der Waals surface area contributed by atoms with E-state index in [4.69, 9.17) is 5.73 Å². The Kier molecular flexibility index (Phi) is 5.28. The number of hydrogen-bond donors (Lipinski definition) is 2. The summed E-state index contributed by atoms with van der Waals surface area (Å²) in [7, 11) is -3.47. The summed E-state index contributed by atoms with van der Waals surface area (Å²) in [5.41, 5.74) is 8.21. The molecule has 1 aromatic rings. The molecule has 1 aliphatic rings. The number of aryl methyl sites for hydroxylation is 1. The number of thioether (sulfide) groups is 2. The third-order valence-electron chi connectivity index (χ3n) is 3.38. The van der Waals surface area contributed by atoms with Gasteiger partial charge in [0.1, 0.15) is 0 Å². The normalized spacial score (nSPS) is 20.0. The van der Waals surface area contributed by atoms with Gasteiger partial charge >= 0.3 is 0 Å². The molecule has 0 aromatic heterocycles. The van der Waals surface area contributed by atoms with Gasteiger partial charge in [-0.15, -0.1) is 0 Å². The minimum atomic E-state index is -3.47. The highest BCUT2D eigenvalue weighted by molar-refractivity contribution is 8.06. The lowest BCUT2D eigenvalue weighted by Crippen LogP contribution is -2.33. The van der Waals surface area contributed by atoms with Crippen molar-refractivity contribution in [2.45, 2.75) is 24.0 Å². The van der Waals surface area contributed by atoms with Crippen molar-refractivity contribution in [1.82, 2.24) is 4.72 Å². The number of benzene rings is 1. The largest absolute Gasteiger partial charge is 0.398 e. The molecule has 0 amide bonds. The van der Waals surface area contributed by atoms with Crippen molar-refractivity contribution in [2.24, 2.45) is 0 Å². The van der Waals surface area contributed by atoms with Crippen LogP contribution in [0, 0.1) is 13.8 Å². The summed E-state index contributed by atoms with van der Waals surface area (Å²) in [5, 5.41) is 0.354. The zero-order valence-corrected chi connectivity index (χ0v) is 14.1. The first-order valence-electron chi connectivity index (χ1n) is 6.46. The third kappa shape index (κ3) is 3.84. The number of nitrogen functional groups attached to an aromatic ring is 1. The van der Waals surface area contributed by atoms with Gasteiger partial charge in [-0.25, -0.2) is 13.1 Å². The highest BCUT2D eigenvalue weighted by Crippen LogP contribution is 2.25. The number of sulfonamides is 1. The van der Waals surface area contributed by atoms with Crippen LogP contribution in [-0.2, 0) is 10.0 Å². The molecule has 0 spiro atoms. The maximum atomic E-state index is 12.3. The van der Waals surface area contributed by atoms with Crippen LogP contribution in [0.15, 0.2) is 17.0 Å². The standard InChI is InChI=1S/C13H20N2O2S3/c1-9-5-12(6-13(14)10(9)2)20(16,17)15-7-11-8-18-3-4-19-11/h5-6,11,15H,3-4,7-8,14H2,1-2H3. The van der Waals surface area contributed by atoms with Gasteiger partial charge in [0.15, 0.2) is 0 Å². The molecule has 1 heterocycles. The van der Waals surface area contributed by atoms with Gasteiger partial charge in [0.2, 0.25) is 10.0 Å². The number of nitrogens with two attached hydrogens (primary N) is 1. The lowest BCUT2D eigenvalue weighted by Gasteiger charge is -2.21. The number of rotatable bonds is 4. The fraction of sp³-hybridized carbons (Fsp3) is 0.538. The van der Waals surface area contributed by atoms with Gasteiger partial charge in [-0.05, 0) is 37.1 Å². The van der Waals surface area contributed by atoms with E-state index in [1.165, 1.54) is 6.07 Å². The summed E-state index contributed by atoms with van der Waals surface area (Å²) in [4.78, 5) is 0.256. The molecule has 1 unspecified atom stereocenters. The zero-order valence-electron chi connectivity index (χ0n) is 11.7. The average Bonchev–Trinajstić information content (AvgIpc) is 2.43. The molecule has 112 valence electrons. The van der Waals surface area contributed by atoms with Crippen molar-refractivity contribution in [2.75, 3.05) is 29.5 Å². The van der Waals surface area contributed by atoms with Gasteiger partial charge in [-0.2, -0.15) is 23.5 Å². The van der Waals surface area contributed by atoms with Gasteiger partial charge in [-0.3, -0.25) is 0 Å². The minimum Gasteiger partial charge on any atom is -0.398 e. The second kappa shape index (κ2) is 6.60. The molecule has 1 fully saturated rings. The Morgan fingerprint density at radius 2 is 2.10 bits per heavy atom. The quantitative estimate of drug-likeness (QED) is 0.825. The Hall–Kier alpha value is -0.370. The Labute approximate surface area is 129 Å². The second-order valence-electron chi connectivity index (χ2n) is 4.87. The molecule has 1 saturated heterocycles. The van der Waals surface area contributed by atoms with Gasteiger partial charge < -0.3 is 5.73 Å². The molecule has 4 nitrogen and oxygen atoms in total. The number of anilines is 1. The molecule has 1 atom stereocenters. The molecule has 20 heavy (non-hydrogen) atoms. The molecule has 1 aliphatic heterocycles. The number of nitrogens with one attached hydrogen (secondary N) is 1. The topological polar surface area (TPSA) is 72.2 Å². The molecule has 0 bridgehead atoms. The lowest BCUT2D eigenvalue weighted by atomic mass is 10.1. The molecule has 3 N–H and O–H groups in total. The average molecular weight is 333 g/mol. The monoisotopic (exact) mass is 332 g/mol. The van der Waals surface area contributed by atoms with Gasteiger partial charge in [0.25, 0.3) is 0 Å². The van der Waals surface area contributed by atoms with Crippen molar-refractivity contribution < 1.29 is 8.42 Å². The fourth-order valence-electron chi connectivity index (χ4n) is 1.95. The number of hydrogen-bond acceptors (Lipinski definition) is 5. The van der Waals surface area contributed by atoms with E-state index < -0.39 is 10.0 Å². The van der Waals surface area contributed by atoms with Crippen LogP contribution in [0.1, 0.15) is 11.1 Å². The highest BCUT2D eigenvalue weighted by atomic mass is 32.2. The first-order chi connectivity index (χ1) is 9.40. The summed E-state index contributed by atoms with van der Waals surface area (Å²) in [5.74, 6) is 3.25. The van der Waals surface area contributed by atoms with Gasteiger partial charge in [0, 0.05) is 34.7 Å². The molecule has 1 aromatic carbocycles. The fourth-order valence-corrected chi connectivity index (χ4v) is 5.87. The first-order valence-corrected chi connectivity index (χ1v) is 10.1. The molecule has 2 rings (SSSR count). The van der Waals surface area contributed by atoms with Crippen LogP contribution in [0.25, 0.3) is 0 Å². The van der Waals surface area contributed by atoms with E-state index >= 15 is 0 Å². The van der Waals surface area contributed by atoms with Crippen LogP contribution >= 0.6 is 23.5 Å². The van der Waals surface area contributed by atoms with Crippen LogP contribution in [0.4, 0.5) is 5.69 Å². The van der Waals surface area contributed by atoms with E-state index in [1.54, 1.807) is 6.07 Å². The van der Waals surface area contributed by atoms with Gasteiger partial charge in [-0.1, -0.05) is 0 Å². The van der Waals surface area contributed by atoms with E-state index in [-0.39, 0.29) is 4.90 Å². The predicted molar refractivity (Wildman–Crippen MR) is 89.1 cm³/mol. The van der Waals surface area contributed by atoms with Crippen LogP contribution in [0.3, 0.4) is 0 Å². The van der Waals surface area contributed by atoms with E-state index in [0.29, 0.717) is 17.5 Å². The lowest BCUT2D eigenvalue weighted by molar-refractivity contribution is 0.581. The van der Waals surface area contributed by atoms with Crippen LogP contribution < -0.4 is 10.5 Å². The van der Waals surface area contributed by atoms with Crippen molar-refractivity contribution in [1.29, 1.82) is 0 Å². The molecule has 0 aliphatic carbocycles. The summed E-state index contributed by atoms with van der Waals surface area (Å²) in [6.07, 6.45) is 0. The van der Waals surface area contributed by atoms with E-state index in [9.17, 15) is 8.42 Å². The molecule has 7 heteroatoms. The minimum absolute atomic E-state index is 0.256. The molecule has 0 saturated carbocycles. The van der Waals surface area contributed by atoms with E-state index in [2.05, 4.69) is 4.72 Å². The Morgan fingerprint density at radius 3 is 2.70 bits per heavy atom. The van der Waals surface area contributed by atoms with Crippen molar-refractivity contribution in [3.05, 3.63) is 23.3 Å². The Bertz CT molecular complexity index is 558. The zero-order chi connectivity index (χ0) is 14.8. The van der Waals surface area contributed by atoms with E-state index in [1.807, 2.05) is 37.4 Å². The van der Waals surface area contributed by atoms with Crippen LogP contribution in [-0.4, -0.2) is 37.5 Å². The van der Waals surface area contributed by atoms with Crippen LogP contribution in [0.2, 0.25) is 0 Å². The maximum Gasteiger partial charge on any atom is 0.240 e. The summed E-state index contributed by atoms with van der Waals surface area (Å²) in [6, 6.07) is 3.21. The maximum absolute atomic E-state index is 12.3. The Balaban J connectivity index is 2.10. The van der Waals surface area contributed by atoms with Crippen molar-refractivity contribution in [3.8, 4) is 0 Å². The van der Waals surface area contributed by atoms with Crippen molar-refractivity contribution >= 4 is 39.2 Å².